The van der Waals surface area contributed by atoms with Crippen LogP contribution in [0, 0.1) is 12.8 Å². The Morgan fingerprint density at radius 2 is 2.22 bits per heavy atom. The summed E-state index contributed by atoms with van der Waals surface area (Å²) in [5, 5.41) is 6.04. The molecule has 0 radical (unpaired) electrons. The smallest absolute Gasteiger partial charge is 0.239 e. The maximum absolute atomic E-state index is 11.6. The monoisotopic (exact) mass is 248 g/mol. The maximum atomic E-state index is 11.6. The number of ether oxygens (including phenoxy) is 1. The van der Waals surface area contributed by atoms with Gasteiger partial charge in [-0.15, -0.1) is 0 Å². The Morgan fingerprint density at radius 3 is 2.89 bits per heavy atom. The second kappa shape index (κ2) is 5.76. The molecule has 0 spiro atoms. The lowest BCUT2D eigenvalue weighted by Gasteiger charge is -2.12. The summed E-state index contributed by atoms with van der Waals surface area (Å²) in [6.45, 7) is 3.11. The van der Waals surface area contributed by atoms with E-state index >= 15 is 0 Å². The first-order valence-corrected chi connectivity index (χ1v) is 6.34. The van der Waals surface area contributed by atoms with Crippen molar-refractivity contribution in [2.45, 2.75) is 19.8 Å². The van der Waals surface area contributed by atoms with E-state index in [1.54, 1.807) is 7.11 Å². The van der Waals surface area contributed by atoms with Crippen LogP contribution in [0.3, 0.4) is 0 Å². The lowest BCUT2D eigenvalue weighted by molar-refractivity contribution is -0.119. The molecule has 2 rings (SSSR count). The average molecular weight is 248 g/mol. The molecule has 0 atom stereocenters. The molecule has 0 aromatic heterocycles. The molecular formula is C14H20N2O2. The van der Waals surface area contributed by atoms with Crippen LogP contribution in [0.1, 0.15) is 18.4 Å². The molecule has 0 unspecified atom stereocenters. The number of aryl methyl sites for hydroxylation is 1. The highest BCUT2D eigenvalue weighted by Gasteiger charge is 2.21. The van der Waals surface area contributed by atoms with Gasteiger partial charge in [0.1, 0.15) is 5.75 Å². The highest BCUT2D eigenvalue weighted by molar-refractivity contribution is 5.81. The molecular weight excluding hydrogens is 228 g/mol. The fraction of sp³-hybridized carbons (Fsp3) is 0.500. The molecule has 0 saturated heterocycles. The number of rotatable bonds is 6. The first kappa shape index (κ1) is 12.7. The van der Waals surface area contributed by atoms with Gasteiger partial charge in [0, 0.05) is 6.54 Å². The number of benzene rings is 1. The van der Waals surface area contributed by atoms with Crippen LogP contribution in [0.4, 0.5) is 5.69 Å². The minimum absolute atomic E-state index is 0.0328. The van der Waals surface area contributed by atoms with Gasteiger partial charge in [0.15, 0.2) is 0 Å². The third-order valence-corrected chi connectivity index (χ3v) is 3.08. The summed E-state index contributed by atoms with van der Waals surface area (Å²) in [6, 6.07) is 5.87. The molecule has 1 aromatic rings. The Bertz CT molecular complexity index is 428. The molecule has 1 saturated carbocycles. The maximum Gasteiger partial charge on any atom is 0.239 e. The summed E-state index contributed by atoms with van der Waals surface area (Å²) in [4.78, 5) is 11.6. The largest absolute Gasteiger partial charge is 0.495 e. The zero-order chi connectivity index (χ0) is 13.0. The van der Waals surface area contributed by atoms with Crippen molar-refractivity contribution in [3.8, 4) is 5.75 Å². The molecule has 18 heavy (non-hydrogen) atoms. The molecule has 1 amide bonds. The summed E-state index contributed by atoms with van der Waals surface area (Å²) >= 11 is 0. The number of hydrogen-bond donors (Lipinski definition) is 2. The zero-order valence-corrected chi connectivity index (χ0v) is 11.0. The molecule has 0 heterocycles. The molecule has 1 fully saturated rings. The second-order valence-corrected chi connectivity index (χ2v) is 4.80. The van der Waals surface area contributed by atoms with Gasteiger partial charge in [-0.2, -0.15) is 0 Å². The number of methoxy groups -OCH3 is 1. The third kappa shape index (κ3) is 3.65. The number of nitrogens with one attached hydrogen (secondary N) is 2. The van der Waals surface area contributed by atoms with Crippen molar-refractivity contribution in [1.82, 2.24) is 5.32 Å². The highest BCUT2D eigenvalue weighted by Crippen LogP contribution is 2.27. The number of carbonyl (C=O) groups is 1. The van der Waals surface area contributed by atoms with E-state index in [-0.39, 0.29) is 12.5 Å². The van der Waals surface area contributed by atoms with Gasteiger partial charge >= 0.3 is 0 Å². The Kier molecular flexibility index (Phi) is 4.07. The van der Waals surface area contributed by atoms with Crippen LogP contribution in [0.25, 0.3) is 0 Å². The summed E-state index contributed by atoms with van der Waals surface area (Å²) < 4.78 is 5.25. The van der Waals surface area contributed by atoms with Gasteiger partial charge in [-0.1, -0.05) is 6.07 Å². The molecule has 0 bridgehead atoms. The van der Waals surface area contributed by atoms with Crippen LogP contribution in [-0.2, 0) is 4.79 Å². The molecule has 4 heteroatoms. The quantitative estimate of drug-likeness (QED) is 0.809. The Labute approximate surface area is 108 Å². The van der Waals surface area contributed by atoms with Gasteiger partial charge in [0.05, 0.1) is 19.3 Å². The lowest BCUT2D eigenvalue weighted by atomic mass is 10.2. The van der Waals surface area contributed by atoms with E-state index in [1.807, 2.05) is 25.1 Å². The topological polar surface area (TPSA) is 50.4 Å². The van der Waals surface area contributed by atoms with Crippen LogP contribution < -0.4 is 15.4 Å². The van der Waals surface area contributed by atoms with Crippen molar-refractivity contribution in [3.05, 3.63) is 23.8 Å². The predicted octanol–water partition coefficient (Wildman–Crippen LogP) is 1.94. The van der Waals surface area contributed by atoms with Gasteiger partial charge in [0.2, 0.25) is 5.91 Å². The van der Waals surface area contributed by atoms with Crippen molar-refractivity contribution < 1.29 is 9.53 Å². The Hall–Kier alpha value is -1.71. The summed E-state index contributed by atoms with van der Waals surface area (Å²) in [7, 11) is 1.63. The zero-order valence-electron chi connectivity index (χ0n) is 11.0. The minimum atomic E-state index is 0.0328. The van der Waals surface area contributed by atoms with Gasteiger partial charge < -0.3 is 15.4 Å². The van der Waals surface area contributed by atoms with Crippen LogP contribution in [0.2, 0.25) is 0 Å². The molecule has 1 aliphatic rings. The molecule has 1 aromatic carbocycles. The van der Waals surface area contributed by atoms with Crippen LogP contribution in [0.5, 0.6) is 5.75 Å². The van der Waals surface area contributed by atoms with Crippen molar-refractivity contribution in [2.24, 2.45) is 5.92 Å². The molecule has 4 nitrogen and oxygen atoms in total. The SMILES string of the molecule is COc1ccc(C)cc1NCC(=O)NCC1CC1. The summed E-state index contributed by atoms with van der Waals surface area (Å²) in [5.74, 6) is 1.50. The fourth-order valence-electron chi connectivity index (χ4n) is 1.78. The standard InChI is InChI=1S/C14H20N2O2/c1-10-3-6-13(18-2)12(7-10)15-9-14(17)16-8-11-4-5-11/h3,6-7,11,15H,4-5,8-9H2,1-2H3,(H,16,17). The van der Waals surface area contributed by atoms with Crippen molar-refractivity contribution in [1.29, 1.82) is 0 Å². The number of anilines is 1. The fourth-order valence-corrected chi connectivity index (χ4v) is 1.78. The number of amides is 1. The third-order valence-electron chi connectivity index (χ3n) is 3.08. The first-order chi connectivity index (χ1) is 8.69. The second-order valence-electron chi connectivity index (χ2n) is 4.80. The van der Waals surface area contributed by atoms with Crippen LogP contribution in [-0.4, -0.2) is 26.1 Å². The molecule has 2 N–H and O–H groups in total. The van der Waals surface area contributed by atoms with E-state index < -0.39 is 0 Å². The minimum Gasteiger partial charge on any atom is -0.495 e. The molecule has 98 valence electrons. The van der Waals surface area contributed by atoms with Gasteiger partial charge in [-0.25, -0.2) is 0 Å². The molecule has 1 aliphatic carbocycles. The molecule has 0 aliphatic heterocycles. The number of carbonyl (C=O) groups excluding carboxylic acids is 1. The normalized spacial score (nSPS) is 14.1. The highest BCUT2D eigenvalue weighted by atomic mass is 16.5. The predicted molar refractivity (Wildman–Crippen MR) is 72.0 cm³/mol. The van der Waals surface area contributed by atoms with Crippen molar-refractivity contribution in [3.63, 3.8) is 0 Å². The van der Waals surface area contributed by atoms with E-state index in [1.165, 1.54) is 12.8 Å². The van der Waals surface area contributed by atoms with E-state index in [9.17, 15) is 4.79 Å². The summed E-state index contributed by atoms with van der Waals surface area (Å²) in [5.41, 5.74) is 2.00. The van der Waals surface area contributed by atoms with Gasteiger partial charge in [-0.3, -0.25) is 4.79 Å². The first-order valence-electron chi connectivity index (χ1n) is 6.34. The van der Waals surface area contributed by atoms with E-state index in [0.29, 0.717) is 5.92 Å². The van der Waals surface area contributed by atoms with Crippen molar-refractivity contribution in [2.75, 3.05) is 25.5 Å². The Balaban J connectivity index is 1.84. The summed E-state index contributed by atoms with van der Waals surface area (Å²) in [6.07, 6.45) is 2.50. The van der Waals surface area contributed by atoms with Crippen molar-refractivity contribution >= 4 is 11.6 Å². The van der Waals surface area contributed by atoms with Gasteiger partial charge in [-0.05, 0) is 43.4 Å². The van der Waals surface area contributed by atoms with E-state index in [0.717, 1.165) is 23.5 Å². The Morgan fingerprint density at radius 1 is 1.44 bits per heavy atom. The lowest BCUT2D eigenvalue weighted by Crippen LogP contribution is -2.31. The van der Waals surface area contributed by atoms with Gasteiger partial charge in [0.25, 0.3) is 0 Å². The average Bonchev–Trinajstić information content (AvgIpc) is 3.18. The van der Waals surface area contributed by atoms with E-state index in [4.69, 9.17) is 4.74 Å². The number of hydrogen-bond acceptors (Lipinski definition) is 3. The van der Waals surface area contributed by atoms with Crippen LogP contribution in [0.15, 0.2) is 18.2 Å². The van der Waals surface area contributed by atoms with E-state index in [2.05, 4.69) is 10.6 Å². The van der Waals surface area contributed by atoms with Crippen LogP contribution >= 0.6 is 0 Å².